The van der Waals surface area contributed by atoms with Crippen molar-refractivity contribution >= 4 is 5.91 Å². The Balaban J connectivity index is 2.92. The molecule has 0 radical (unpaired) electrons. The van der Waals surface area contributed by atoms with Gasteiger partial charge < -0.3 is 10.6 Å². The van der Waals surface area contributed by atoms with Gasteiger partial charge in [-0.3, -0.25) is 4.79 Å². The Kier molecular flexibility index (Phi) is 6.75. The molecule has 0 saturated carbocycles. The fourth-order valence-electron chi connectivity index (χ4n) is 1.85. The first-order valence-electron chi connectivity index (χ1n) is 6.84. The molecule has 0 spiro atoms. The number of amides is 1. The van der Waals surface area contributed by atoms with Gasteiger partial charge in [0.1, 0.15) is 5.82 Å². The molecule has 0 aliphatic rings. The Morgan fingerprint density at radius 1 is 1.40 bits per heavy atom. The van der Waals surface area contributed by atoms with Crippen molar-refractivity contribution in [1.82, 2.24) is 4.90 Å². The number of halogens is 1. The molecule has 108 valence electrons. The van der Waals surface area contributed by atoms with Crippen LogP contribution in [-0.4, -0.2) is 30.9 Å². The number of nitrogens with zero attached hydrogens (tertiary/aromatic N) is 1. The largest absolute Gasteiger partial charge is 0.342 e. The first kappa shape index (κ1) is 16.2. The number of hydrogen-bond acceptors (Lipinski definition) is 2. The van der Waals surface area contributed by atoms with Crippen LogP contribution in [0, 0.1) is 17.7 Å². The zero-order chi connectivity index (χ0) is 15.0. The smallest absolute Gasteiger partial charge is 0.254 e. The summed E-state index contributed by atoms with van der Waals surface area (Å²) in [6.07, 6.45) is 3.10. The molecule has 20 heavy (non-hydrogen) atoms. The van der Waals surface area contributed by atoms with Gasteiger partial charge in [-0.1, -0.05) is 31.6 Å². The van der Waals surface area contributed by atoms with E-state index in [4.69, 9.17) is 5.73 Å². The minimum absolute atomic E-state index is 0.206. The van der Waals surface area contributed by atoms with Crippen LogP contribution in [0.25, 0.3) is 0 Å². The van der Waals surface area contributed by atoms with Crippen LogP contribution in [-0.2, 0) is 0 Å². The maximum absolute atomic E-state index is 13.4. The highest BCUT2D eigenvalue weighted by Gasteiger charge is 2.15. The predicted octanol–water partition coefficient (Wildman–Crippen LogP) is 2.40. The molecular formula is C16H21FN2O. The second kappa shape index (κ2) is 8.34. The van der Waals surface area contributed by atoms with Crippen LogP contribution in [0.1, 0.15) is 42.1 Å². The van der Waals surface area contributed by atoms with E-state index < -0.39 is 5.82 Å². The molecule has 1 aromatic rings. The molecular weight excluding hydrogens is 255 g/mol. The molecule has 1 amide bonds. The Morgan fingerprint density at radius 2 is 2.15 bits per heavy atom. The molecule has 0 aliphatic heterocycles. The van der Waals surface area contributed by atoms with Gasteiger partial charge >= 0.3 is 0 Å². The molecule has 2 N–H and O–H groups in total. The zero-order valence-corrected chi connectivity index (χ0v) is 12.1. The highest BCUT2D eigenvalue weighted by Crippen LogP contribution is 2.13. The third-order valence-electron chi connectivity index (χ3n) is 2.98. The lowest BCUT2D eigenvalue weighted by atomic mass is 10.1. The number of unbranched alkanes of at least 4 members (excludes halogenated alkanes) is 2. The summed E-state index contributed by atoms with van der Waals surface area (Å²) in [7, 11) is 1.73. The van der Waals surface area contributed by atoms with Crippen molar-refractivity contribution in [3.63, 3.8) is 0 Å². The second-order valence-electron chi connectivity index (χ2n) is 4.63. The predicted molar refractivity (Wildman–Crippen MR) is 78.8 cm³/mol. The Morgan fingerprint density at radius 3 is 2.80 bits per heavy atom. The average molecular weight is 276 g/mol. The second-order valence-corrected chi connectivity index (χ2v) is 4.63. The van der Waals surface area contributed by atoms with Gasteiger partial charge in [0, 0.05) is 19.2 Å². The molecule has 0 fully saturated rings. The molecule has 0 unspecified atom stereocenters. The molecule has 1 aromatic carbocycles. The van der Waals surface area contributed by atoms with E-state index in [2.05, 4.69) is 18.8 Å². The summed E-state index contributed by atoms with van der Waals surface area (Å²) < 4.78 is 13.4. The third-order valence-corrected chi connectivity index (χ3v) is 2.98. The zero-order valence-electron chi connectivity index (χ0n) is 12.1. The van der Waals surface area contributed by atoms with Crippen LogP contribution in [0.15, 0.2) is 18.2 Å². The van der Waals surface area contributed by atoms with Crippen molar-refractivity contribution in [2.75, 3.05) is 20.1 Å². The van der Waals surface area contributed by atoms with Gasteiger partial charge in [0.05, 0.1) is 12.1 Å². The number of carbonyl (C=O) groups is 1. The monoisotopic (exact) mass is 276 g/mol. The molecule has 0 saturated heterocycles. The van der Waals surface area contributed by atoms with Crippen LogP contribution in [0.3, 0.4) is 0 Å². The van der Waals surface area contributed by atoms with E-state index in [1.54, 1.807) is 11.9 Å². The molecule has 0 bridgehead atoms. The van der Waals surface area contributed by atoms with Crippen molar-refractivity contribution in [3.05, 3.63) is 35.1 Å². The van der Waals surface area contributed by atoms with Crippen molar-refractivity contribution in [3.8, 4) is 11.8 Å². The van der Waals surface area contributed by atoms with Crippen LogP contribution >= 0.6 is 0 Å². The topological polar surface area (TPSA) is 46.3 Å². The van der Waals surface area contributed by atoms with Crippen LogP contribution < -0.4 is 5.73 Å². The van der Waals surface area contributed by atoms with Crippen LogP contribution in [0.5, 0.6) is 0 Å². The first-order valence-corrected chi connectivity index (χ1v) is 6.84. The van der Waals surface area contributed by atoms with E-state index in [0.717, 1.165) is 19.3 Å². The maximum Gasteiger partial charge on any atom is 0.254 e. The van der Waals surface area contributed by atoms with E-state index >= 15 is 0 Å². The molecule has 0 aromatic heterocycles. The van der Waals surface area contributed by atoms with Gasteiger partial charge in [-0.2, -0.15) is 0 Å². The quantitative estimate of drug-likeness (QED) is 0.663. The van der Waals surface area contributed by atoms with Crippen LogP contribution in [0.4, 0.5) is 4.39 Å². The Labute approximate surface area is 120 Å². The van der Waals surface area contributed by atoms with Gasteiger partial charge in [-0.15, -0.1) is 0 Å². The fourth-order valence-corrected chi connectivity index (χ4v) is 1.85. The summed E-state index contributed by atoms with van der Waals surface area (Å²) in [6.45, 7) is 2.97. The number of carbonyl (C=O) groups excluding carboxylic acids is 1. The van der Waals surface area contributed by atoms with E-state index in [-0.39, 0.29) is 12.5 Å². The summed E-state index contributed by atoms with van der Waals surface area (Å²) >= 11 is 0. The summed E-state index contributed by atoms with van der Waals surface area (Å²) in [5.74, 6) is 4.87. The molecule has 0 aliphatic carbocycles. The minimum Gasteiger partial charge on any atom is -0.342 e. The van der Waals surface area contributed by atoms with E-state index in [0.29, 0.717) is 17.7 Å². The standard InChI is InChI=1S/C16H21FN2O/c1-3-4-5-11-19(2)16(20)15-12-14(17)9-8-13(15)7-6-10-18/h8-9,12H,3-5,10-11,18H2,1-2H3. The lowest BCUT2D eigenvalue weighted by Crippen LogP contribution is -2.28. The van der Waals surface area contributed by atoms with Gasteiger partial charge in [0.2, 0.25) is 0 Å². The summed E-state index contributed by atoms with van der Waals surface area (Å²) in [5, 5.41) is 0. The number of hydrogen-bond donors (Lipinski definition) is 1. The van der Waals surface area contributed by atoms with Crippen molar-refractivity contribution in [2.24, 2.45) is 5.73 Å². The SMILES string of the molecule is CCCCCN(C)C(=O)c1cc(F)ccc1C#CCN. The molecule has 0 atom stereocenters. The van der Waals surface area contributed by atoms with Crippen molar-refractivity contribution in [1.29, 1.82) is 0 Å². The summed E-state index contributed by atoms with van der Waals surface area (Å²) in [6, 6.07) is 4.05. The number of rotatable bonds is 5. The first-order chi connectivity index (χ1) is 9.60. The summed E-state index contributed by atoms with van der Waals surface area (Å²) in [4.78, 5) is 13.9. The van der Waals surface area contributed by atoms with Crippen LogP contribution in [0.2, 0.25) is 0 Å². The molecule has 3 nitrogen and oxygen atoms in total. The highest BCUT2D eigenvalue weighted by molar-refractivity contribution is 5.96. The fraction of sp³-hybridized carbons (Fsp3) is 0.438. The highest BCUT2D eigenvalue weighted by atomic mass is 19.1. The van der Waals surface area contributed by atoms with Gasteiger partial charge in [0.15, 0.2) is 0 Å². The lowest BCUT2D eigenvalue weighted by Gasteiger charge is -2.18. The van der Waals surface area contributed by atoms with Gasteiger partial charge in [-0.05, 0) is 24.6 Å². The molecule has 4 heteroatoms. The van der Waals surface area contributed by atoms with Crippen molar-refractivity contribution in [2.45, 2.75) is 26.2 Å². The third kappa shape index (κ3) is 4.67. The van der Waals surface area contributed by atoms with E-state index in [9.17, 15) is 9.18 Å². The minimum atomic E-state index is -0.436. The van der Waals surface area contributed by atoms with Crippen molar-refractivity contribution < 1.29 is 9.18 Å². The molecule has 1 rings (SSSR count). The molecule has 0 heterocycles. The normalized spacial score (nSPS) is 9.80. The lowest BCUT2D eigenvalue weighted by molar-refractivity contribution is 0.0792. The number of nitrogens with two attached hydrogens (primary N) is 1. The number of benzene rings is 1. The van der Waals surface area contributed by atoms with E-state index in [1.165, 1.54) is 18.2 Å². The van der Waals surface area contributed by atoms with Gasteiger partial charge in [0.25, 0.3) is 5.91 Å². The van der Waals surface area contributed by atoms with Gasteiger partial charge in [-0.25, -0.2) is 4.39 Å². The Hall–Kier alpha value is -1.86. The summed E-state index contributed by atoms with van der Waals surface area (Å²) in [5.41, 5.74) is 6.14. The van der Waals surface area contributed by atoms with E-state index in [1.807, 2.05) is 0 Å². The maximum atomic E-state index is 13.4. The average Bonchev–Trinajstić information content (AvgIpc) is 2.45. The Bertz CT molecular complexity index is 517.